The lowest BCUT2D eigenvalue weighted by molar-refractivity contribution is 0.112. The van der Waals surface area contributed by atoms with E-state index in [0.717, 1.165) is 20.9 Å². The normalized spacial score (nSPS) is 10.4. The molecule has 3 nitrogen and oxygen atoms in total. The first-order valence-electron chi connectivity index (χ1n) is 3.39. The second kappa shape index (κ2) is 2.85. The van der Waals surface area contributed by atoms with Crippen molar-refractivity contribution in [1.29, 1.82) is 0 Å². The summed E-state index contributed by atoms with van der Waals surface area (Å²) in [6.07, 6.45) is 4.26. The molecule has 0 aliphatic rings. The molecule has 0 aliphatic carbocycles. The number of H-pyrrole nitrogens is 1. The summed E-state index contributed by atoms with van der Waals surface area (Å²) in [4.78, 5) is 17.6. The van der Waals surface area contributed by atoms with E-state index in [2.05, 4.69) is 32.6 Å². The van der Waals surface area contributed by atoms with Gasteiger partial charge in [-0.05, 0) is 28.7 Å². The van der Waals surface area contributed by atoms with Gasteiger partial charge in [0, 0.05) is 26.9 Å². The van der Waals surface area contributed by atoms with Crippen molar-refractivity contribution in [1.82, 2.24) is 9.97 Å². The number of hydrogen-bond donors (Lipinski definition) is 1. The highest BCUT2D eigenvalue weighted by atomic mass is 127. The van der Waals surface area contributed by atoms with E-state index in [0.29, 0.717) is 5.56 Å². The van der Waals surface area contributed by atoms with Crippen molar-refractivity contribution in [3.05, 3.63) is 27.6 Å². The second-order valence-electron chi connectivity index (χ2n) is 2.41. The summed E-state index contributed by atoms with van der Waals surface area (Å²) in [5, 5.41) is 0.886. The molecule has 12 heavy (non-hydrogen) atoms. The van der Waals surface area contributed by atoms with Crippen LogP contribution in [-0.2, 0) is 0 Å². The van der Waals surface area contributed by atoms with E-state index >= 15 is 0 Å². The second-order valence-corrected chi connectivity index (χ2v) is 3.66. The highest BCUT2D eigenvalue weighted by molar-refractivity contribution is 14.1. The molecule has 0 saturated carbocycles. The molecule has 0 aliphatic heterocycles. The van der Waals surface area contributed by atoms with Crippen molar-refractivity contribution >= 4 is 39.9 Å². The number of halogens is 1. The molecular weight excluding hydrogens is 267 g/mol. The zero-order valence-corrected chi connectivity index (χ0v) is 8.20. The highest BCUT2D eigenvalue weighted by Gasteiger charge is 2.02. The van der Waals surface area contributed by atoms with Crippen LogP contribution in [0.2, 0.25) is 0 Å². The van der Waals surface area contributed by atoms with Gasteiger partial charge in [0.15, 0.2) is 6.29 Å². The Bertz CT molecular complexity index is 436. The molecule has 2 rings (SSSR count). The van der Waals surface area contributed by atoms with Crippen LogP contribution >= 0.6 is 22.6 Å². The van der Waals surface area contributed by atoms with Gasteiger partial charge in [-0.2, -0.15) is 0 Å². The van der Waals surface area contributed by atoms with Crippen LogP contribution in [0.1, 0.15) is 10.4 Å². The Morgan fingerprint density at radius 3 is 3.17 bits per heavy atom. The minimum Gasteiger partial charge on any atom is -0.345 e. The number of carbonyl (C=O) groups excluding carboxylic acids is 1. The van der Waals surface area contributed by atoms with E-state index in [9.17, 15) is 4.79 Å². The monoisotopic (exact) mass is 272 g/mol. The molecule has 2 aromatic rings. The van der Waals surface area contributed by atoms with Gasteiger partial charge in [0.05, 0.1) is 0 Å². The van der Waals surface area contributed by atoms with Crippen LogP contribution < -0.4 is 0 Å². The van der Waals surface area contributed by atoms with Crippen LogP contribution in [0.25, 0.3) is 11.0 Å². The number of pyridine rings is 1. The zero-order valence-electron chi connectivity index (χ0n) is 6.04. The molecule has 2 aromatic heterocycles. The Morgan fingerprint density at radius 1 is 1.58 bits per heavy atom. The first kappa shape index (κ1) is 7.72. The third kappa shape index (κ3) is 1.12. The van der Waals surface area contributed by atoms with E-state index in [-0.39, 0.29) is 0 Å². The van der Waals surface area contributed by atoms with Crippen molar-refractivity contribution < 1.29 is 4.79 Å². The predicted octanol–water partition coefficient (Wildman–Crippen LogP) is 1.98. The van der Waals surface area contributed by atoms with Crippen LogP contribution in [0.4, 0.5) is 0 Å². The van der Waals surface area contributed by atoms with Crippen molar-refractivity contribution in [3.63, 3.8) is 0 Å². The summed E-state index contributed by atoms with van der Waals surface area (Å²) >= 11 is 2.17. The molecule has 2 heterocycles. The van der Waals surface area contributed by atoms with Gasteiger partial charge in [0.1, 0.15) is 5.65 Å². The van der Waals surface area contributed by atoms with E-state index in [1.807, 2.05) is 6.07 Å². The molecule has 0 amide bonds. The molecule has 0 atom stereocenters. The SMILES string of the molecule is O=Cc1c[nH]c2ncc(I)cc12. The Morgan fingerprint density at radius 2 is 2.42 bits per heavy atom. The minimum absolute atomic E-state index is 0.663. The maximum atomic E-state index is 10.5. The highest BCUT2D eigenvalue weighted by Crippen LogP contribution is 2.16. The molecule has 60 valence electrons. The summed E-state index contributed by atoms with van der Waals surface area (Å²) in [5.74, 6) is 0. The molecule has 0 aromatic carbocycles. The molecule has 0 fully saturated rings. The van der Waals surface area contributed by atoms with E-state index in [4.69, 9.17) is 0 Å². The number of carbonyl (C=O) groups is 1. The van der Waals surface area contributed by atoms with Crippen LogP contribution in [-0.4, -0.2) is 16.3 Å². The fourth-order valence-electron chi connectivity index (χ4n) is 1.10. The number of aldehydes is 1. The van der Waals surface area contributed by atoms with Crippen LogP contribution in [0.5, 0.6) is 0 Å². The van der Waals surface area contributed by atoms with E-state index in [1.54, 1.807) is 12.4 Å². The van der Waals surface area contributed by atoms with Crippen molar-refractivity contribution in [2.24, 2.45) is 0 Å². The van der Waals surface area contributed by atoms with Crippen molar-refractivity contribution in [3.8, 4) is 0 Å². The lowest BCUT2D eigenvalue weighted by atomic mass is 10.2. The first-order valence-corrected chi connectivity index (χ1v) is 4.47. The molecule has 0 spiro atoms. The summed E-state index contributed by atoms with van der Waals surface area (Å²) < 4.78 is 1.03. The number of nitrogens with one attached hydrogen (secondary N) is 1. The third-order valence-electron chi connectivity index (χ3n) is 1.66. The first-order chi connectivity index (χ1) is 5.81. The van der Waals surface area contributed by atoms with E-state index in [1.165, 1.54) is 0 Å². The third-order valence-corrected chi connectivity index (χ3v) is 2.25. The fourth-order valence-corrected chi connectivity index (χ4v) is 1.55. The van der Waals surface area contributed by atoms with Crippen LogP contribution in [0.3, 0.4) is 0 Å². The summed E-state index contributed by atoms with van der Waals surface area (Å²) in [7, 11) is 0. The summed E-state index contributed by atoms with van der Waals surface area (Å²) in [6, 6.07) is 1.93. The van der Waals surface area contributed by atoms with E-state index < -0.39 is 0 Å². The van der Waals surface area contributed by atoms with Crippen LogP contribution in [0, 0.1) is 3.57 Å². The zero-order chi connectivity index (χ0) is 8.55. The quantitative estimate of drug-likeness (QED) is 0.637. The van der Waals surface area contributed by atoms with Gasteiger partial charge in [0.25, 0.3) is 0 Å². The molecule has 0 bridgehead atoms. The van der Waals surface area contributed by atoms with Gasteiger partial charge in [-0.15, -0.1) is 0 Å². The molecular formula is C8H5IN2O. The van der Waals surface area contributed by atoms with Gasteiger partial charge >= 0.3 is 0 Å². The van der Waals surface area contributed by atoms with Crippen molar-refractivity contribution in [2.75, 3.05) is 0 Å². The van der Waals surface area contributed by atoms with Crippen molar-refractivity contribution in [2.45, 2.75) is 0 Å². The molecule has 0 saturated heterocycles. The average molecular weight is 272 g/mol. The number of nitrogens with zero attached hydrogens (tertiary/aromatic N) is 1. The number of hydrogen-bond acceptors (Lipinski definition) is 2. The molecule has 0 radical (unpaired) electrons. The predicted molar refractivity (Wildman–Crippen MR) is 54.2 cm³/mol. The lowest BCUT2D eigenvalue weighted by Crippen LogP contribution is -1.79. The Hall–Kier alpha value is -0.910. The maximum Gasteiger partial charge on any atom is 0.152 e. The maximum absolute atomic E-state index is 10.5. The smallest absolute Gasteiger partial charge is 0.152 e. The molecule has 1 N–H and O–H groups in total. The molecule has 0 unspecified atom stereocenters. The Kier molecular flexibility index (Phi) is 1.84. The van der Waals surface area contributed by atoms with Gasteiger partial charge < -0.3 is 4.98 Å². The number of aromatic amines is 1. The Labute approximate surface area is 82.3 Å². The number of rotatable bonds is 1. The topological polar surface area (TPSA) is 45.8 Å². The largest absolute Gasteiger partial charge is 0.345 e. The van der Waals surface area contributed by atoms with Gasteiger partial charge in [-0.25, -0.2) is 4.98 Å². The minimum atomic E-state index is 0.663. The fraction of sp³-hybridized carbons (Fsp3) is 0. The Balaban J connectivity index is 2.83. The number of aromatic nitrogens is 2. The standard InChI is InChI=1S/C8H5IN2O/c9-6-1-7-5(4-12)2-10-8(7)11-3-6/h1-4H,(H,10,11). The van der Waals surface area contributed by atoms with Gasteiger partial charge in [-0.1, -0.05) is 0 Å². The average Bonchev–Trinajstić information content (AvgIpc) is 2.46. The lowest BCUT2D eigenvalue weighted by Gasteiger charge is -1.90. The number of fused-ring (bicyclic) bond motifs is 1. The van der Waals surface area contributed by atoms with Crippen LogP contribution in [0.15, 0.2) is 18.5 Å². The molecule has 4 heteroatoms. The van der Waals surface area contributed by atoms with Gasteiger partial charge in [-0.3, -0.25) is 4.79 Å². The summed E-state index contributed by atoms with van der Waals surface area (Å²) in [5.41, 5.74) is 1.42. The summed E-state index contributed by atoms with van der Waals surface area (Å²) in [6.45, 7) is 0. The van der Waals surface area contributed by atoms with Gasteiger partial charge in [0.2, 0.25) is 0 Å².